The number of nitrogens with zero attached hydrogens (tertiary/aromatic N) is 3. The van der Waals surface area contributed by atoms with Gasteiger partial charge in [0, 0.05) is 37.6 Å². The number of amides is 2. The van der Waals surface area contributed by atoms with E-state index in [1.165, 1.54) is 11.3 Å². The fourth-order valence-corrected chi connectivity index (χ4v) is 3.07. The molecule has 0 spiro atoms. The second-order valence-corrected chi connectivity index (χ2v) is 6.84. The minimum absolute atomic E-state index is 0.0930. The molecule has 3 rings (SSSR count). The van der Waals surface area contributed by atoms with E-state index < -0.39 is 0 Å². The van der Waals surface area contributed by atoms with Crippen molar-refractivity contribution in [3.05, 3.63) is 59.7 Å². The molecule has 1 fully saturated rings. The zero-order valence-electron chi connectivity index (χ0n) is 15.3. The molecule has 5 heteroatoms. The van der Waals surface area contributed by atoms with Gasteiger partial charge in [0.1, 0.15) is 0 Å². The first-order valence-electron chi connectivity index (χ1n) is 8.98. The Morgan fingerprint density at radius 1 is 1.00 bits per heavy atom. The van der Waals surface area contributed by atoms with Crippen molar-refractivity contribution in [3.8, 4) is 6.07 Å². The summed E-state index contributed by atoms with van der Waals surface area (Å²) in [5.74, 6) is 0.534. The molecule has 26 heavy (non-hydrogen) atoms. The molecule has 1 N–H and O–H groups in total. The first-order valence-corrected chi connectivity index (χ1v) is 8.98. The zero-order valence-corrected chi connectivity index (χ0v) is 15.3. The van der Waals surface area contributed by atoms with Crippen LogP contribution in [0.25, 0.3) is 0 Å². The number of hydrogen-bond donors (Lipinski definition) is 1. The van der Waals surface area contributed by atoms with Gasteiger partial charge in [0.15, 0.2) is 0 Å². The summed E-state index contributed by atoms with van der Waals surface area (Å²) < 4.78 is 0. The molecule has 0 radical (unpaired) electrons. The highest BCUT2D eigenvalue weighted by Crippen LogP contribution is 2.21. The summed E-state index contributed by atoms with van der Waals surface area (Å²) >= 11 is 0. The molecule has 2 aromatic rings. The Hall–Kier alpha value is -3.00. The van der Waals surface area contributed by atoms with Crippen molar-refractivity contribution in [1.82, 2.24) is 4.90 Å². The standard InChI is InChI=1S/C21H24N4O/c1-16(2)18-5-9-20(10-6-18)24-11-13-25(14-12-24)21(26)23-19-7-3-17(15-22)4-8-19/h3-10,16H,11-14H2,1-2H3,(H,23,26). The molecule has 134 valence electrons. The first-order chi connectivity index (χ1) is 12.6. The normalized spacial score (nSPS) is 14.2. The van der Waals surface area contributed by atoms with Crippen LogP contribution in [0.1, 0.15) is 30.9 Å². The summed E-state index contributed by atoms with van der Waals surface area (Å²) in [6.07, 6.45) is 0. The van der Waals surface area contributed by atoms with E-state index in [9.17, 15) is 4.79 Å². The van der Waals surface area contributed by atoms with E-state index >= 15 is 0 Å². The molecule has 0 atom stereocenters. The Labute approximate surface area is 154 Å². The van der Waals surface area contributed by atoms with Gasteiger partial charge in [-0.3, -0.25) is 0 Å². The van der Waals surface area contributed by atoms with Gasteiger partial charge in [0.25, 0.3) is 0 Å². The molecule has 0 aliphatic carbocycles. The maximum absolute atomic E-state index is 12.4. The number of carbonyl (C=O) groups excluding carboxylic acids is 1. The molecule has 1 aliphatic rings. The third-order valence-electron chi connectivity index (χ3n) is 4.76. The van der Waals surface area contributed by atoms with E-state index in [4.69, 9.17) is 5.26 Å². The van der Waals surface area contributed by atoms with Gasteiger partial charge < -0.3 is 15.1 Å². The van der Waals surface area contributed by atoms with E-state index in [2.05, 4.69) is 54.4 Å². The predicted molar refractivity (Wildman–Crippen MR) is 104 cm³/mol. The minimum atomic E-state index is -0.0930. The quantitative estimate of drug-likeness (QED) is 0.911. The number of piperazine rings is 1. The van der Waals surface area contributed by atoms with E-state index in [0.29, 0.717) is 30.3 Å². The number of carbonyl (C=O) groups is 1. The molecule has 2 aromatic carbocycles. The smallest absolute Gasteiger partial charge is 0.321 e. The second kappa shape index (κ2) is 7.92. The van der Waals surface area contributed by atoms with Crippen LogP contribution in [0.2, 0.25) is 0 Å². The highest BCUT2D eigenvalue weighted by Gasteiger charge is 2.21. The molecule has 1 aliphatic heterocycles. The van der Waals surface area contributed by atoms with Gasteiger partial charge in [0.2, 0.25) is 0 Å². The molecule has 1 heterocycles. The lowest BCUT2D eigenvalue weighted by Gasteiger charge is -2.36. The lowest BCUT2D eigenvalue weighted by Crippen LogP contribution is -2.50. The third-order valence-corrected chi connectivity index (χ3v) is 4.76. The van der Waals surface area contributed by atoms with Crippen LogP contribution in [0.4, 0.5) is 16.2 Å². The van der Waals surface area contributed by atoms with E-state index in [-0.39, 0.29) is 6.03 Å². The van der Waals surface area contributed by atoms with Gasteiger partial charge in [-0.1, -0.05) is 26.0 Å². The van der Waals surface area contributed by atoms with Crippen LogP contribution in [-0.4, -0.2) is 37.1 Å². The van der Waals surface area contributed by atoms with E-state index in [0.717, 1.165) is 13.1 Å². The topological polar surface area (TPSA) is 59.4 Å². The Morgan fingerprint density at radius 3 is 2.15 bits per heavy atom. The Morgan fingerprint density at radius 2 is 1.62 bits per heavy atom. The number of rotatable bonds is 3. The maximum atomic E-state index is 12.4. The number of nitriles is 1. The van der Waals surface area contributed by atoms with Crippen molar-refractivity contribution in [3.63, 3.8) is 0 Å². The number of anilines is 2. The molecule has 0 aromatic heterocycles. The highest BCUT2D eigenvalue weighted by atomic mass is 16.2. The molecular weight excluding hydrogens is 324 g/mol. The average Bonchev–Trinajstić information content (AvgIpc) is 2.69. The fourth-order valence-electron chi connectivity index (χ4n) is 3.07. The van der Waals surface area contributed by atoms with Crippen LogP contribution < -0.4 is 10.2 Å². The van der Waals surface area contributed by atoms with Crippen LogP contribution in [0.15, 0.2) is 48.5 Å². The Bertz CT molecular complexity index is 782. The monoisotopic (exact) mass is 348 g/mol. The number of urea groups is 1. The average molecular weight is 348 g/mol. The lowest BCUT2D eigenvalue weighted by atomic mass is 10.0. The van der Waals surface area contributed by atoms with Crippen LogP contribution in [0.3, 0.4) is 0 Å². The largest absolute Gasteiger partial charge is 0.368 e. The zero-order chi connectivity index (χ0) is 18.5. The highest BCUT2D eigenvalue weighted by molar-refractivity contribution is 5.89. The van der Waals surface area contributed by atoms with Crippen molar-refractivity contribution in [2.24, 2.45) is 0 Å². The van der Waals surface area contributed by atoms with Crippen molar-refractivity contribution < 1.29 is 4.79 Å². The molecule has 1 saturated heterocycles. The predicted octanol–water partition coefficient (Wildman–Crippen LogP) is 4.04. The van der Waals surface area contributed by atoms with Crippen LogP contribution >= 0.6 is 0 Å². The van der Waals surface area contributed by atoms with Gasteiger partial charge >= 0.3 is 6.03 Å². The van der Waals surface area contributed by atoms with Crippen molar-refractivity contribution in [2.75, 3.05) is 36.4 Å². The molecule has 2 amide bonds. The van der Waals surface area contributed by atoms with Crippen molar-refractivity contribution in [1.29, 1.82) is 5.26 Å². The molecule has 0 saturated carbocycles. The molecule has 5 nitrogen and oxygen atoms in total. The SMILES string of the molecule is CC(C)c1ccc(N2CCN(C(=O)Nc3ccc(C#N)cc3)CC2)cc1. The Kier molecular flexibility index (Phi) is 5.43. The fraction of sp³-hybridized carbons (Fsp3) is 0.333. The summed E-state index contributed by atoms with van der Waals surface area (Å²) in [7, 11) is 0. The number of benzene rings is 2. The number of hydrogen-bond acceptors (Lipinski definition) is 3. The lowest BCUT2D eigenvalue weighted by molar-refractivity contribution is 0.208. The van der Waals surface area contributed by atoms with E-state index in [1.807, 2.05) is 4.90 Å². The summed E-state index contributed by atoms with van der Waals surface area (Å²) in [5.41, 5.74) is 3.84. The van der Waals surface area contributed by atoms with Gasteiger partial charge in [-0.25, -0.2) is 4.79 Å². The number of nitrogens with one attached hydrogen (secondary N) is 1. The van der Waals surface area contributed by atoms with Crippen LogP contribution in [0.5, 0.6) is 0 Å². The minimum Gasteiger partial charge on any atom is -0.368 e. The Balaban J connectivity index is 1.54. The summed E-state index contributed by atoms with van der Waals surface area (Å²) in [5, 5.41) is 11.7. The summed E-state index contributed by atoms with van der Waals surface area (Å²) in [6, 6.07) is 17.6. The van der Waals surface area contributed by atoms with Gasteiger partial charge in [0.05, 0.1) is 11.6 Å². The molecule has 0 bridgehead atoms. The van der Waals surface area contributed by atoms with Crippen molar-refractivity contribution in [2.45, 2.75) is 19.8 Å². The maximum Gasteiger partial charge on any atom is 0.321 e. The summed E-state index contributed by atoms with van der Waals surface area (Å²) in [4.78, 5) is 16.6. The second-order valence-electron chi connectivity index (χ2n) is 6.84. The van der Waals surface area contributed by atoms with E-state index in [1.54, 1.807) is 24.3 Å². The first kappa shape index (κ1) is 17.8. The van der Waals surface area contributed by atoms with Gasteiger partial charge in [-0.05, 0) is 47.9 Å². The van der Waals surface area contributed by atoms with Gasteiger partial charge in [-0.2, -0.15) is 5.26 Å². The van der Waals surface area contributed by atoms with Gasteiger partial charge in [-0.15, -0.1) is 0 Å². The molecular formula is C21H24N4O. The third kappa shape index (κ3) is 4.15. The molecule has 0 unspecified atom stereocenters. The van der Waals surface area contributed by atoms with Crippen molar-refractivity contribution >= 4 is 17.4 Å². The van der Waals surface area contributed by atoms with Crippen LogP contribution in [-0.2, 0) is 0 Å². The summed E-state index contributed by atoms with van der Waals surface area (Å²) in [6.45, 7) is 7.41. The van der Waals surface area contributed by atoms with Crippen LogP contribution in [0, 0.1) is 11.3 Å².